The van der Waals surface area contributed by atoms with Crippen LogP contribution in [0.25, 0.3) is 77.2 Å². The van der Waals surface area contributed by atoms with Gasteiger partial charge in [0, 0.05) is 50.0 Å². The Hall–Kier alpha value is -7.62. The largest absolute Gasteiger partial charge is 0.311 e. The molecule has 0 atom stereocenters. The number of nitrogens with zero attached hydrogens (tertiary/aromatic N) is 3. The molecule has 1 saturated carbocycles. The van der Waals surface area contributed by atoms with Gasteiger partial charge < -0.3 is 14.0 Å². The molecule has 0 spiro atoms. The van der Waals surface area contributed by atoms with Crippen LogP contribution in [-0.4, -0.2) is 9.13 Å². The van der Waals surface area contributed by atoms with Crippen molar-refractivity contribution < 1.29 is 0 Å². The topological polar surface area (TPSA) is 13.1 Å². The van der Waals surface area contributed by atoms with Gasteiger partial charge in [0.2, 0.25) is 0 Å². The van der Waals surface area contributed by atoms with E-state index in [1.165, 1.54) is 103 Å². The van der Waals surface area contributed by atoms with Crippen molar-refractivity contribution in [3.63, 3.8) is 0 Å². The summed E-state index contributed by atoms with van der Waals surface area (Å²) < 4.78 is 4.75. The maximum Gasteiger partial charge on any atom is 0.0541 e. The summed E-state index contributed by atoms with van der Waals surface area (Å²) in [4.78, 5) is 2.39. The van der Waals surface area contributed by atoms with Crippen molar-refractivity contribution in [2.75, 3.05) is 4.90 Å². The number of rotatable bonds is 8. The normalized spacial score (nSPS) is 13.2. The van der Waals surface area contributed by atoms with E-state index in [1.807, 2.05) is 0 Å². The van der Waals surface area contributed by atoms with Gasteiger partial charge in [-0.15, -0.1) is 0 Å². The molecule has 11 aromatic rings. The van der Waals surface area contributed by atoms with Crippen LogP contribution in [0.15, 0.2) is 218 Å². The van der Waals surface area contributed by atoms with Crippen LogP contribution >= 0.6 is 0 Å². The SMILES string of the molecule is c1ccc2c(c1)c1ccccc1n2-c1ccc(-c2ccc(N(c3ccc(-c4ccc(-n5c6ccccc6c6ccccc65)cc4)cc3)c3ccc(C4CCCC4)cc3)cc2)cc1. The van der Waals surface area contributed by atoms with Crippen LogP contribution in [0.1, 0.15) is 37.2 Å². The highest BCUT2D eigenvalue weighted by Gasteiger charge is 2.19. The number of benzene rings is 9. The first-order valence-corrected chi connectivity index (χ1v) is 22.0. The van der Waals surface area contributed by atoms with E-state index < -0.39 is 0 Å². The van der Waals surface area contributed by atoms with E-state index in [1.54, 1.807) is 0 Å². The van der Waals surface area contributed by atoms with Gasteiger partial charge in [0.25, 0.3) is 0 Å². The number of anilines is 3. The predicted octanol–water partition coefficient (Wildman–Crippen LogP) is 16.3. The van der Waals surface area contributed by atoms with Crippen molar-refractivity contribution in [1.82, 2.24) is 9.13 Å². The minimum atomic E-state index is 0.679. The highest BCUT2D eigenvalue weighted by Crippen LogP contribution is 2.40. The van der Waals surface area contributed by atoms with Gasteiger partial charge in [-0.1, -0.05) is 146 Å². The second-order valence-corrected chi connectivity index (χ2v) is 16.8. The Morgan fingerprint density at radius 2 is 0.597 bits per heavy atom. The second-order valence-electron chi connectivity index (χ2n) is 16.8. The summed E-state index contributed by atoms with van der Waals surface area (Å²) in [6.45, 7) is 0. The molecule has 0 N–H and O–H groups in total. The molecule has 12 rings (SSSR count). The minimum Gasteiger partial charge on any atom is -0.311 e. The third kappa shape index (κ3) is 6.20. The van der Waals surface area contributed by atoms with Gasteiger partial charge in [-0.2, -0.15) is 0 Å². The van der Waals surface area contributed by atoms with Crippen molar-refractivity contribution in [3.8, 4) is 33.6 Å². The lowest BCUT2D eigenvalue weighted by Gasteiger charge is -2.26. The molecular formula is C59H45N3. The van der Waals surface area contributed by atoms with E-state index in [0.29, 0.717) is 5.92 Å². The first-order chi connectivity index (χ1) is 30.7. The monoisotopic (exact) mass is 795 g/mol. The first-order valence-electron chi connectivity index (χ1n) is 22.0. The number of hydrogen-bond acceptors (Lipinski definition) is 1. The fraction of sp³-hybridized carbons (Fsp3) is 0.0847. The van der Waals surface area contributed by atoms with E-state index >= 15 is 0 Å². The summed E-state index contributed by atoms with van der Waals surface area (Å²) in [6.07, 6.45) is 5.27. The number of fused-ring (bicyclic) bond motifs is 6. The molecule has 1 aliphatic rings. The Balaban J connectivity index is 0.856. The van der Waals surface area contributed by atoms with E-state index in [-0.39, 0.29) is 0 Å². The Morgan fingerprint density at radius 3 is 0.935 bits per heavy atom. The van der Waals surface area contributed by atoms with Crippen molar-refractivity contribution in [2.45, 2.75) is 31.6 Å². The molecule has 0 radical (unpaired) electrons. The molecule has 3 nitrogen and oxygen atoms in total. The zero-order chi connectivity index (χ0) is 41.0. The molecular weight excluding hydrogens is 751 g/mol. The molecule has 0 saturated heterocycles. The van der Waals surface area contributed by atoms with Crippen LogP contribution < -0.4 is 4.90 Å². The van der Waals surface area contributed by atoms with Gasteiger partial charge in [-0.05, 0) is 132 Å². The van der Waals surface area contributed by atoms with E-state index in [9.17, 15) is 0 Å². The fourth-order valence-corrected chi connectivity index (χ4v) is 10.2. The summed E-state index contributed by atoms with van der Waals surface area (Å²) in [5.74, 6) is 0.679. The smallest absolute Gasteiger partial charge is 0.0541 e. The second kappa shape index (κ2) is 15.1. The van der Waals surface area contributed by atoms with Crippen LogP contribution in [0.3, 0.4) is 0 Å². The average Bonchev–Trinajstić information content (AvgIpc) is 4.09. The molecule has 2 aromatic heterocycles. The molecule has 296 valence electrons. The lowest BCUT2D eigenvalue weighted by atomic mass is 9.97. The molecule has 62 heavy (non-hydrogen) atoms. The summed E-state index contributed by atoms with van der Waals surface area (Å²) >= 11 is 0. The number of aromatic nitrogens is 2. The molecule has 1 fully saturated rings. The minimum absolute atomic E-state index is 0.679. The Kier molecular flexibility index (Phi) is 8.85. The van der Waals surface area contributed by atoms with Gasteiger partial charge in [0.1, 0.15) is 0 Å². The Labute approximate surface area is 362 Å². The highest BCUT2D eigenvalue weighted by molar-refractivity contribution is 6.10. The van der Waals surface area contributed by atoms with Crippen LogP contribution in [0, 0.1) is 0 Å². The summed E-state index contributed by atoms with van der Waals surface area (Å²) in [6, 6.07) is 80.2. The van der Waals surface area contributed by atoms with Gasteiger partial charge >= 0.3 is 0 Å². The number of para-hydroxylation sites is 4. The highest BCUT2D eigenvalue weighted by atomic mass is 15.1. The molecule has 1 aliphatic carbocycles. The predicted molar refractivity (Wildman–Crippen MR) is 262 cm³/mol. The maximum atomic E-state index is 2.39. The summed E-state index contributed by atoms with van der Waals surface area (Å²) in [5, 5.41) is 5.11. The van der Waals surface area contributed by atoms with Crippen LogP contribution in [0.4, 0.5) is 17.1 Å². The Bertz CT molecular complexity index is 3060. The van der Waals surface area contributed by atoms with E-state index in [2.05, 4.69) is 232 Å². The third-order valence-corrected chi connectivity index (χ3v) is 13.3. The Morgan fingerprint density at radius 1 is 0.306 bits per heavy atom. The van der Waals surface area contributed by atoms with Crippen molar-refractivity contribution in [1.29, 1.82) is 0 Å². The zero-order valence-electron chi connectivity index (χ0n) is 34.5. The number of hydrogen-bond donors (Lipinski definition) is 0. The maximum absolute atomic E-state index is 2.39. The van der Waals surface area contributed by atoms with Crippen molar-refractivity contribution >= 4 is 60.7 Å². The fourth-order valence-electron chi connectivity index (χ4n) is 10.2. The molecule has 2 heterocycles. The van der Waals surface area contributed by atoms with E-state index in [0.717, 1.165) is 22.7 Å². The molecule has 0 amide bonds. The lowest BCUT2D eigenvalue weighted by molar-refractivity contribution is 0.723. The van der Waals surface area contributed by atoms with Gasteiger partial charge in [0.15, 0.2) is 0 Å². The molecule has 3 heteroatoms. The molecule has 0 unspecified atom stereocenters. The summed E-state index contributed by atoms with van der Waals surface area (Å²) in [7, 11) is 0. The third-order valence-electron chi connectivity index (χ3n) is 13.3. The van der Waals surface area contributed by atoms with E-state index in [4.69, 9.17) is 0 Å². The average molecular weight is 796 g/mol. The van der Waals surface area contributed by atoms with Crippen molar-refractivity contribution in [3.05, 3.63) is 224 Å². The lowest BCUT2D eigenvalue weighted by Crippen LogP contribution is -2.10. The van der Waals surface area contributed by atoms with Crippen LogP contribution in [0.2, 0.25) is 0 Å². The first kappa shape index (κ1) is 36.2. The molecule has 0 bridgehead atoms. The van der Waals surface area contributed by atoms with Gasteiger partial charge in [-0.3, -0.25) is 0 Å². The zero-order valence-corrected chi connectivity index (χ0v) is 34.5. The molecule has 0 aliphatic heterocycles. The molecule has 9 aromatic carbocycles. The summed E-state index contributed by atoms with van der Waals surface area (Å²) in [5.41, 5.74) is 16.9. The standard InChI is InChI=1S/C59H45N3/c1-2-12-41(11-1)42-21-31-47(32-22-42)60(48-33-23-43(24-34-48)45-27-37-50(38-28-45)61-56-17-7-3-13-52(56)53-14-4-8-18-57(53)61)49-35-25-44(26-36-49)46-29-39-51(40-30-46)62-58-19-9-5-15-54(58)55-16-6-10-20-59(55)62/h3-10,13-41H,1-2,11-12H2. The van der Waals surface area contributed by atoms with Crippen LogP contribution in [0.5, 0.6) is 0 Å². The van der Waals surface area contributed by atoms with Crippen molar-refractivity contribution in [2.24, 2.45) is 0 Å². The van der Waals surface area contributed by atoms with Gasteiger partial charge in [-0.25, -0.2) is 0 Å². The van der Waals surface area contributed by atoms with Gasteiger partial charge in [0.05, 0.1) is 22.1 Å². The van der Waals surface area contributed by atoms with Crippen LogP contribution in [-0.2, 0) is 0 Å². The quantitative estimate of drug-likeness (QED) is 0.149.